The third kappa shape index (κ3) is 4.72. The molecule has 0 bridgehead atoms. The minimum absolute atomic E-state index is 0.0868. The topological polar surface area (TPSA) is 79.6 Å². The summed E-state index contributed by atoms with van der Waals surface area (Å²) < 4.78 is 32.2. The smallest absolute Gasteiger partial charge is 0.294 e. The molecule has 2 heterocycles. The normalized spacial score (nSPS) is 15.0. The predicted molar refractivity (Wildman–Crippen MR) is 112 cm³/mol. The Balaban J connectivity index is 1.45. The molecule has 1 fully saturated rings. The first-order chi connectivity index (χ1) is 14.9. The number of carbonyl (C=O) groups excluding carboxylic acids is 3. The van der Waals surface area contributed by atoms with Gasteiger partial charge in [0.25, 0.3) is 11.1 Å². The van der Waals surface area contributed by atoms with Gasteiger partial charge in [0, 0.05) is 17.3 Å². The fourth-order valence-corrected chi connectivity index (χ4v) is 3.72. The van der Waals surface area contributed by atoms with Crippen molar-refractivity contribution in [2.45, 2.75) is 0 Å². The van der Waals surface area contributed by atoms with Crippen molar-refractivity contribution in [2.24, 2.45) is 0 Å². The van der Waals surface area contributed by atoms with Gasteiger partial charge in [0.05, 0.1) is 4.91 Å². The van der Waals surface area contributed by atoms with Gasteiger partial charge in [-0.1, -0.05) is 18.2 Å². The molecule has 1 N–H and O–H groups in total. The van der Waals surface area contributed by atoms with E-state index in [4.69, 9.17) is 4.42 Å². The van der Waals surface area contributed by atoms with E-state index >= 15 is 0 Å². The van der Waals surface area contributed by atoms with Crippen LogP contribution in [0.1, 0.15) is 5.76 Å². The Hall–Kier alpha value is -3.72. The predicted octanol–water partition coefficient (Wildman–Crippen LogP) is 4.90. The minimum Gasteiger partial charge on any atom is -0.457 e. The lowest BCUT2D eigenvalue weighted by Gasteiger charge is -2.12. The lowest BCUT2D eigenvalue weighted by molar-refractivity contribution is -0.127. The van der Waals surface area contributed by atoms with Crippen LogP contribution in [0.25, 0.3) is 17.4 Å². The Morgan fingerprint density at radius 2 is 1.77 bits per heavy atom. The van der Waals surface area contributed by atoms with E-state index in [9.17, 15) is 23.2 Å². The molecule has 156 valence electrons. The summed E-state index contributed by atoms with van der Waals surface area (Å²) in [4.78, 5) is 37.8. The number of nitrogens with one attached hydrogen (secondary N) is 1. The van der Waals surface area contributed by atoms with Crippen LogP contribution in [-0.4, -0.2) is 28.5 Å². The summed E-state index contributed by atoms with van der Waals surface area (Å²) in [6.07, 6.45) is 1.39. The van der Waals surface area contributed by atoms with Crippen LogP contribution in [0.3, 0.4) is 0 Å². The van der Waals surface area contributed by atoms with Crippen molar-refractivity contribution in [2.75, 3.05) is 11.9 Å². The molecule has 4 rings (SSSR count). The van der Waals surface area contributed by atoms with Gasteiger partial charge in [-0.15, -0.1) is 0 Å². The fourth-order valence-electron chi connectivity index (χ4n) is 2.90. The molecule has 1 aromatic heterocycles. The molecule has 1 aliphatic rings. The largest absolute Gasteiger partial charge is 0.457 e. The maximum atomic E-state index is 13.4. The second-order valence-corrected chi connectivity index (χ2v) is 7.53. The maximum absolute atomic E-state index is 13.4. The first kappa shape index (κ1) is 20.5. The highest BCUT2D eigenvalue weighted by molar-refractivity contribution is 8.18. The van der Waals surface area contributed by atoms with E-state index in [0.717, 1.165) is 11.0 Å². The maximum Gasteiger partial charge on any atom is 0.294 e. The Kier molecular flexibility index (Phi) is 5.68. The molecule has 0 aliphatic carbocycles. The zero-order valence-corrected chi connectivity index (χ0v) is 16.6. The monoisotopic (exact) mass is 440 g/mol. The lowest BCUT2D eigenvalue weighted by Crippen LogP contribution is -2.36. The van der Waals surface area contributed by atoms with Crippen LogP contribution >= 0.6 is 11.8 Å². The van der Waals surface area contributed by atoms with E-state index in [1.54, 1.807) is 24.3 Å². The molecule has 9 heteroatoms. The van der Waals surface area contributed by atoms with Crippen molar-refractivity contribution < 1.29 is 27.6 Å². The summed E-state index contributed by atoms with van der Waals surface area (Å²) in [5, 5.41) is 1.83. The third-order valence-corrected chi connectivity index (χ3v) is 5.20. The number of anilines is 1. The lowest BCUT2D eigenvalue weighted by atomic mass is 10.2. The molecular weight excluding hydrogens is 426 g/mol. The highest BCUT2D eigenvalue weighted by Gasteiger charge is 2.36. The number of furan rings is 1. The molecule has 0 saturated carbocycles. The Bertz CT molecular complexity index is 1220. The number of carbonyl (C=O) groups is 3. The fraction of sp³-hybridized carbons (Fsp3) is 0.0455. The molecule has 6 nitrogen and oxygen atoms in total. The van der Waals surface area contributed by atoms with Gasteiger partial charge in [0.2, 0.25) is 5.91 Å². The summed E-state index contributed by atoms with van der Waals surface area (Å²) in [7, 11) is 0. The summed E-state index contributed by atoms with van der Waals surface area (Å²) in [6.45, 7) is -0.509. The van der Waals surface area contributed by atoms with Gasteiger partial charge in [-0.05, 0) is 54.2 Å². The second kappa shape index (κ2) is 8.57. The van der Waals surface area contributed by atoms with Gasteiger partial charge < -0.3 is 9.73 Å². The summed E-state index contributed by atoms with van der Waals surface area (Å²) in [6, 6.07) is 14.3. The highest BCUT2D eigenvalue weighted by atomic mass is 32.2. The molecule has 1 saturated heterocycles. The van der Waals surface area contributed by atoms with Crippen molar-refractivity contribution in [1.82, 2.24) is 4.90 Å². The van der Waals surface area contributed by atoms with Crippen LogP contribution in [0.15, 0.2) is 70.0 Å². The summed E-state index contributed by atoms with van der Waals surface area (Å²) >= 11 is 0.673. The van der Waals surface area contributed by atoms with Crippen molar-refractivity contribution in [1.29, 1.82) is 0 Å². The Morgan fingerprint density at radius 3 is 2.52 bits per heavy atom. The van der Waals surface area contributed by atoms with Gasteiger partial charge in [-0.25, -0.2) is 8.78 Å². The molecule has 31 heavy (non-hydrogen) atoms. The molecule has 0 unspecified atom stereocenters. The van der Waals surface area contributed by atoms with Crippen molar-refractivity contribution in [3.8, 4) is 11.3 Å². The number of rotatable bonds is 5. The van der Waals surface area contributed by atoms with Crippen LogP contribution in [0.4, 0.5) is 19.3 Å². The number of imide groups is 1. The Morgan fingerprint density at radius 1 is 1.03 bits per heavy atom. The van der Waals surface area contributed by atoms with Gasteiger partial charge in [-0.2, -0.15) is 0 Å². The first-order valence-electron chi connectivity index (χ1n) is 9.05. The van der Waals surface area contributed by atoms with Crippen LogP contribution in [0.2, 0.25) is 0 Å². The van der Waals surface area contributed by atoms with Gasteiger partial charge in [0.1, 0.15) is 29.7 Å². The number of nitrogens with zero attached hydrogens (tertiary/aromatic N) is 1. The Labute approximate surface area is 179 Å². The zero-order chi connectivity index (χ0) is 22.0. The van der Waals surface area contributed by atoms with Gasteiger partial charge >= 0.3 is 0 Å². The van der Waals surface area contributed by atoms with E-state index in [2.05, 4.69) is 5.32 Å². The van der Waals surface area contributed by atoms with Crippen molar-refractivity contribution in [3.05, 3.63) is 83.0 Å². The van der Waals surface area contributed by atoms with Crippen LogP contribution in [-0.2, 0) is 9.59 Å². The van der Waals surface area contributed by atoms with E-state index in [1.165, 1.54) is 36.4 Å². The molecule has 3 aromatic rings. The van der Waals surface area contributed by atoms with Crippen LogP contribution < -0.4 is 5.32 Å². The van der Waals surface area contributed by atoms with E-state index in [-0.39, 0.29) is 10.6 Å². The molecular formula is C22H14F2N2O4S. The molecule has 0 radical (unpaired) electrons. The second-order valence-electron chi connectivity index (χ2n) is 6.54. The number of hydrogen-bond donors (Lipinski definition) is 1. The van der Waals surface area contributed by atoms with Crippen molar-refractivity contribution >= 4 is 40.6 Å². The number of hydrogen-bond acceptors (Lipinski definition) is 5. The first-order valence-corrected chi connectivity index (χ1v) is 9.87. The summed E-state index contributed by atoms with van der Waals surface area (Å²) in [5.74, 6) is -1.52. The van der Waals surface area contributed by atoms with Crippen LogP contribution in [0.5, 0.6) is 0 Å². The van der Waals surface area contributed by atoms with E-state index in [0.29, 0.717) is 28.8 Å². The number of thioether (sulfide) groups is 1. The molecule has 2 aromatic carbocycles. The molecule has 3 amide bonds. The average Bonchev–Trinajstić information content (AvgIpc) is 3.29. The highest BCUT2D eigenvalue weighted by Crippen LogP contribution is 2.33. The minimum atomic E-state index is -0.645. The average molecular weight is 440 g/mol. The standard InChI is InChI=1S/C22H14F2N2O4S/c23-14-4-1-3-13(9-14)18-8-7-17(30-18)11-19-21(28)26(22(29)31-19)12-20(27)25-16-6-2-5-15(24)10-16/h1-11H,12H2,(H,25,27)/b19-11+. The molecule has 0 atom stereocenters. The third-order valence-electron chi connectivity index (χ3n) is 4.29. The SMILES string of the molecule is O=C(CN1C(=O)S/C(=C/c2ccc(-c3cccc(F)c3)o2)C1=O)Nc1cccc(F)c1. The van der Waals surface area contributed by atoms with E-state index < -0.39 is 35.2 Å². The van der Waals surface area contributed by atoms with Crippen molar-refractivity contribution in [3.63, 3.8) is 0 Å². The quantitative estimate of drug-likeness (QED) is 0.571. The van der Waals surface area contributed by atoms with E-state index in [1.807, 2.05) is 0 Å². The zero-order valence-electron chi connectivity index (χ0n) is 15.8. The number of benzene rings is 2. The van der Waals surface area contributed by atoms with Gasteiger partial charge in [-0.3, -0.25) is 19.3 Å². The summed E-state index contributed by atoms with van der Waals surface area (Å²) in [5.41, 5.74) is 0.745. The van der Waals surface area contributed by atoms with Crippen LogP contribution in [0, 0.1) is 11.6 Å². The number of halogens is 2. The van der Waals surface area contributed by atoms with Gasteiger partial charge in [0.15, 0.2) is 0 Å². The number of amides is 3. The molecule has 1 aliphatic heterocycles. The molecule has 0 spiro atoms.